The number of allylic oxidation sites excluding steroid dienone is 2. The van der Waals surface area contributed by atoms with Gasteiger partial charge in [0, 0.05) is 33.4 Å². The van der Waals surface area contributed by atoms with Crippen molar-refractivity contribution < 1.29 is 27.9 Å². The number of carbonyl (C=O) groups is 2. The highest BCUT2D eigenvalue weighted by molar-refractivity contribution is 7.90. The zero-order valence-electron chi connectivity index (χ0n) is 19.0. The Hall–Kier alpha value is -3.27. The Labute approximate surface area is 193 Å². The Morgan fingerprint density at radius 3 is 2.55 bits per heavy atom. The maximum atomic E-state index is 13.6. The number of hydrogen-bond donors (Lipinski definition) is 1. The van der Waals surface area contributed by atoms with Gasteiger partial charge in [0.25, 0.3) is 15.9 Å². The van der Waals surface area contributed by atoms with Crippen LogP contribution in [0.1, 0.15) is 36.9 Å². The molecule has 9 nitrogen and oxygen atoms in total. The average molecular weight is 476 g/mol. The molecule has 1 aromatic heterocycles. The van der Waals surface area contributed by atoms with Gasteiger partial charge in [-0.25, -0.2) is 17.2 Å². The first-order chi connectivity index (χ1) is 15.6. The van der Waals surface area contributed by atoms with Crippen molar-refractivity contribution in [3.63, 3.8) is 0 Å². The van der Waals surface area contributed by atoms with Gasteiger partial charge in [-0.3, -0.25) is 4.79 Å². The maximum Gasteiger partial charge on any atom is 0.407 e. The first kappa shape index (κ1) is 24.4. The maximum absolute atomic E-state index is 13.6. The Kier molecular flexibility index (Phi) is 7.47. The molecule has 0 atom stereocenters. The van der Waals surface area contributed by atoms with E-state index in [-0.39, 0.29) is 29.7 Å². The average Bonchev–Trinajstić information content (AvgIpc) is 3.22. The van der Waals surface area contributed by atoms with Gasteiger partial charge in [0.05, 0.1) is 17.1 Å². The third kappa shape index (κ3) is 5.75. The minimum absolute atomic E-state index is 0.0173. The summed E-state index contributed by atoms with van der Waals surface area (Å²) in [4.78, 5) is 25.6. The lowest BCUT2D eigenvalue weighted by molar-refractivity contribution is -0.130. The summed E-state index contributed by atoms with van der Waals surface area (Å²) >= 11 is 0. The van der Waals surface area contributed by atoms with Crippen molar-refractivity contribution in [1.29, 1.82) is 0 Å². The van der Waals surface area contributed by atoms with Gasteiger partial charge < -0.3 is 19.6 Å². The van der Waals surface area contributed by atoms with Crippen molar-refractivity contribution >= 4 is 27.6 Å². The van der Waals surface area contributed by atoms with Crippen LogP contribution < -0.4 is 4.74 Å². The molecule has 0 bridgehead atoms. The third-order valence-electron chi connectivity index (χ3n) is 5.43. The molecule has 1 N–H and O–H groups in total. The fourth-order valence-electron chi connectivity index (χ4n) is 3.54. The first-order valence-electron chi connectivity index (χ1n) is 10.6. The van der Waals surface area contributed by atoms with Gasteiger partial charge in [-0.1, -0.05) is 12.1 Å². The molecule has 0 spiro atoms. The lowest BCUT2D eigenvalue weighted by atomic mass is 9.97. The van der Waals surface area contributed by atoms with Crippen molar-refractivity contribution in [2.75, 3.05) is 27.7 Å². The number of amides is 2. The summed E-state index contributed by atoms with van der Waals surface area (Å²) in [6.07, 6.45) is 6.06. The summed E-state index contributed by atoms with van der Waals surface area (Å²) in [5, 5.41) is 9.21. The summed E-state index contributed by atoms with van der Waals surface area (Å²) in [5.41, 5.74) is 2.05. The molecule has 2 amide bonds. The summed E-state index contributed by atoms with van der Waals surface area (Å²) in [7, 11) is 0.658. The highest BCUT2D eigenvalue weighted by atomic mass is 32.2. The second-order valence-electron chi connectivity index (χ2n) is 8.20. The molecule has 1 aliphatic carbocycles. The normalized spacial score (nSPS) is 13.8. The molecule has 1 heterocycles. The molecule has 2 aromatic rings. The predicted octanol–water partition coefficient (Wildman–Crippen LogP) is 3.26. The van der Waals surface area contributed by atoms with Crippen molar-refractivity contribution in [2.24, 2.45) is 0 Å². The molecule has 10 heteroatoms. The summed E-state index contributed by atoms with van der Waals surface area (Å²) in [6.45, 7) is -0.141. The van der Waals surface area contributed by atoms with E-state index in [2.05, 4.69) is 0 Å². The van der Waals surface area contributed by atoms with E-state index < -0.39 is 16.1 Å². The summed E-state index contributed by atoms with van der Waals surface area (Å²) in [6, 6.07) is 7.75. The van der Waals surface area contributed by atoms with Crippen molar-refractivity contribution in [3.05, 3.63) is 53.9 Å². The van der Waals surface area contributed by atoms with Crippen LogP contribution in [0.5, 0.6) is 5.75 Å². The van der Waals surface area contributed by atoms with Gasteiger partial charge in [-0.15, -0.1) is 0 Å². The number of likely N-dealkylation sites (N-methyl/N-ethyl adjacent to an activating group) is 1. The van der Waals surface area contributed by atoms with E-state index in [0.29, 0.717) is 11.3 Å². The van der Waals surface area contributed by atoms with Crippen LogP contribution in [0.2, 0.25) is 0 Å². The van der Waals surface area contributed by atoms with E-state index in [4.69, 9.17) is 4.74 Å². The van der Waals surface area contributed by atoms with Gasteiger partial charge >= 0.3 is 6.09 Å². The molecule has 0 saturated carbocycles. The Balaban J connectivity index is 1.98. The second-order valence-corrected chi connectivity index (χ2v) is 10.0. The molecule has 0 saturated heterocycles. The number of nitrogens with zero attached hydrogens (tertiary/aromatic N) is 3. The number of carbonyl (C=O) groups excluding carboxylic acids is 1. The lowest BCUT2D eigenvalue weighted by Crippen LogP contribution is -2.27. The standard InChI is InChI=1S/C23H29N3O6S/c1-24(2)22(27)16-32-19-10-7-11-20(13-19)33(30,31)26-15-17(14-25(3)23(28)29)12-21(26)18-8-5-4-6-9-18/h7-8,10-13,15H,4-6,9,14,16H2,1-3H3,(H,28,29). The number of ether oxygens (including phenoxy) is 1. The fraction of sp³-hybridized carbons (Fsp3) is 0.391. The van der Waals surface area contributed by atoms with E-state index in [9.17, 15) is 23.1 Å². The molecule has 0 unspecified atom stereocenters. The zero-order valence-corrected chi connectivity index (χ0v) is 19.8. The number of hydrogen-bond acceptors (Lipinski definition) is 5. The Bertz CT molecular complexity index is 1170. The monoisotopic (exact) mass is 475 g/mol. The van der Waals surface area contributed by atoms with E-state index in [1.165, 1.54) is 34.2 Å². The van der Waals surface area contributed by atoms with Crippen molar-refractivity contribution in [2.45, 2.75) is 37.1 Å². The van der Waals surface area contributed by atoms with E-state index in [1.54, 1.807) is 32.3 Å². The van der Waals surface area contributed by atoms with Crippen molar-refractivity contribution in [3.8, 4) is 5.75 Å². The van der Waals surface area contributed by atoms with Crippen LogP contribution in [-0.2, 0) is 21.4 Å². The second kappa shape index (κ2) is 10.1. The van der Waals surface area contributed by atoms with Crippen LogP contribution in [0, 0.1) is 0 Å². The van der Waals surface area contributed by atoms with E-state index >= 15 is 0 Å². The van der Waals surface area contributed by atoms with Gasteiger partial charge in [-0.05, 0) is 55.0 Å². The molecule has 0 fully saturated rings. The number of benzene rings is 1. The first-order valence-corrected chi connectivity index (χ1v) is 12.1. The minimum Gasteiger partial charge on any atom is -0.484 e. The highest BCUT2D eigenvalue weighted by Gasteiger charge is 2.24. The lowest BCUT2D eigenvalue weighted by Gasteiger charge is -2.16. The largest absolute Gasteiger partial charge is 0.484 e. The summed E-state index contributed by atoms with van der Waals surface area (Å²) in [5.74, 6) is 0.0232. The number of aromatic nitrogens is 1. The molecule has 1 aliphatic rings. The van der Waals surface area contributed by atoms with Crippen LogP contribution >= 0.6 is 0 Å². The molecular weight excluding hydrogens is 446 g/mol. The van der Waals surface area contributed by atoms with Gasteiger partial charge in [-0.2, -0.15) is 0 Å². The number of carboxylic acid groups (broad SMARTS) is 1. The molecule has 33 heavy (non-hydrogen) atoms. The molecule has 1 aromatic carbocycles. The van der Waals surface area contributed by atoms with Crippen LogP contribution in [0.25, 0.3) is 5.57 Å². The molecule has 0 aliphatic heterocycles. The number of rotatable bonds is 8. The zero-order chi connectivity index (χ0) is 24.2. The van der Waals surface area contributed by atoms with Crippen molar-refractivity contribution in [1.82, 2.24) is 13.8 Å². The topological polar surface area (TPSA) is 109 Å². The highest BCUT2D eigenvalue weighted by Crippen LogP contribution is 2.31. The van der Waals surface area contributed by atoms with Gasteiger partial charge in [0.15, 0.2) is 6.61 Å². The SMILES string of the molecule is CN(C)C(=O)COc1cccc(S(=O)(=O)n2cc(CN(C)C(=O)O)cc2C2=CCCCC2)c1. The van der Waals surface area contributed by atoms with Crippen LogP contribution in [-0.4, -0.2) is 67.0 Å². The van der Waals surface area contributed by atoms with E-state index in [1.807, 2.05) is 6.08 Å². The minimum atomic E-state index is -4.00. The van der Waals surface area contributed by atoms with Crippen LogP contribution in [0.4, 0.5) is 4.79 Å². The molecular formula is C23H29N3O6S. The Morgan fingerprint density at radius 1 is 1.15 bits per heavy atom. The van der Waals surface area contributed by atoms with Crippen LogP contribution in [0.15, 0.2) is 47.5 Å². The smallest absolute Gasteiger partial charge is 0.407 e. The van der Waals surface area contributed by atoms with E-state index in [0.717, 1.165) is 36.2 Å². The predicted molar refractivity (Wildman–Crippen MR) is 124 cm³/mol. The molecule has 178 valence electrons. The quantitative estimate of drug-likeness (QED) is 0.628. The molecule has 0 radical (unpaired) electrons. The van der Waals surface area contributed by atoms with Gasteiger partial charge in [0.2, 0.25) is 0 Å². The molecule has 3 rings (SSSR count). The summed E-state index contributed by atoms with van der Waals surface area (Å²) < 4.78 is 33.9. The van der Waals surface area contributed by atoms with Crippen LogP contribution in [0.3, 0.4) is 0 Å². The van der Waals surface area contributed by atoms with Gasteiger partial charge in [0.1, 0.15) is 5.75 Å². The Morgan fingerprint density at radius 2 is 1.91 bits per heavy atom. The fourth-order valence-corrected chi connectivity index (χ4v) is 4.99. The third-order valence-corrected chi connectivity index (χ3v) is 7.10.